The van der Waals surface area contributed by atoms with Crippen LogP contribution in [0, 0.1) is 6.92 Å². The van der Waals surface area contributed by atoms with E-state index < -0.39 is 28.2 Å². The van der Waals surface area contributed by atoms with E-state index in [0.717, 1.165) is 13.2 Å². The number of alkyl halides is 3. The fraction of sp³-hybridized carbons (Fsp3) is 0.417. The Balaban J connectivity index is 3.67. The topological polar surface area (TPSA) is 46.5 Å². The van der Waals surface area contributed by atoms with Crippen LogP contribution in [0.4, 0.5) is 8.78 Å². The van der Waals surface area contributed by atoms with Gasteiger partial charge in [0.1, 0.15) is 11.3 Å². The van der Waals surface area contributed by atoms with Crippen molar-refractivity contribution in [2.75, 3.05) is 7.11 Å². The van der Waals surface area contributed by atoms with E-state index in [0.29, 0.717) is 17.5 Å². The van der Waals surface area contributed by atoms with Crippen LogP contribution in [0.25, 0.3) is 0 Å². The highest BCUT2D eigenvalue weighted by Gasteiger charge is 2.36. The summed E-state index contributed by atoms with van der Waals surface area (Å²) in [6.45, 7) is 3.30. The number of benzene rings is 1. The summed E-state index contributed by atoms with van der Waals surface area (Å²) < 4.78 is 30.9. The molecule has 0 bridgehead atoms. The summed E-state index contributed by atoms with van der Waals surface area (Å²) in [7, 11) is 1.05. The van der Waals surface area contributed by atoms with Crippen LogP contribution in [0.1, 0.15) is 34.0 Å². The molecule has 1 rings (SSSR count). The van der Waals surface area contributed by atoms with E-state index in [1.165, 1.54) is 0 Å². The van der Waals surface area contributed by atoms with Gasteiger partial charge >= 0.3 is 11.4 Å². The molecule has 1 N–H and O–H groups in total. The van der Waals surface area contributed by atoms with Gasteiger partial charge in [0.15, 0.2) is 0 Å². The molecule has 0 radical (unpaired) electrons. The van der Waals surface area contributed by atoms with E-state index in [1.54, 1.807) is 13.8 Å². The maximum absolute atomic E-state index is 13.3. The Bertz CT molecular complexity index is 481. The first-order chi connectivity index (χ1) is 8.23. The van der Waals surface area contributed by atoms with Gasteiger partial charge in [0, 0.05) is 0 Å². The first-order valence-corrected chi connectivity index (χ1v) is 5.62. The molecule has 0 aliphatic rings. The van der Waals surface area contributed by atoms with Crippen LogP contribution >= 0.6 is 11.6 Å². The summed E-state index contributed by atoms with van der Waals surface area (Å²) in [5.41, 5.74) is -0.471. The molecule has 0 amide bonds. The fourth-order valence-electron chi connectivity index (χ4n) is 1.82. The lowest BCUT2D eigenvalue weighted by atomic mass is 9.96. The summed E-state index contributed by atoms with van der Waals surface area (Å²) in [6, 6.07) is 1.10. The van der Waals surface area contributed by atoms with Gasteiger partial charge in [-0.2, -0.15) is 8.78 Å². The molecule has 0 heterocycles. The Labute approximate surface area is 108 Å². The Hall–Kier alpha value is -1.36. The van der Waals surface area contributed by atoms with Crippen molar-refractivity contribution in [2.45, 2.75) is 25.7 Å². The maximum atomic E-state index is 13.3. The van der Waals surface area contributed by atoms with Crippen LogP contribution < -0.4 is 0 Å². The monoisotopic (exact) mass is 278 g/mol. The predicted molar refractivity (Wildman–Crippen MR) is 63.3 cm³/mol. The van der Waals surface area contributed by atoms with Crippen molar-refractivity contribution >= 4 is 17.6 Å². The Morgan fingerprint density at radius 1 is 1.56 bits per heavy atom. The molecule has 100 valence electrons. The van der Waals surface area contributed by atoms with Crippen molar-refractivity contribution in [3.8, 4) is 5.75 Å². The lowest BCUT2D eigenvalue weighted by Crippen LogP contribution is -2.15. The van der Waals surface area contributed by atoms with E-state index in [1.807, 2.05) is 0 Å². The van der Waals surface area contributed by atoms with Crippen LogP contribution in [0.2, 0.25) is 0 Å². The van der Waals surface area contributed by atoms with Gasteiger partial charge in [-0.3, -0.25) is 0 Å². The number of carbonyl (C=O) groups excluding carboxylic acids is 1. The Kier molecular flexibility index (Phi) is 4.16. The second-order valence-corrected chi connectivity index (χ2v) is 4.26. The highest BCUT2D eigenvalue weighted by Crippen LogP contribution is 2.41. The third-order valence-electron chi connectivity index (χ3n) is 2.68. The standard InChI is InChI=1S/C12H13ClF2O3/c1-4-7-6(2)5-8(12(13,14)15)9(10(7)16)11(17)18-3/h5,16H,4H2,1-3H3. The van der Waals surface area contributed by atoms with Crippen LogP contribution in [0.15, 0.2) is 6.07 Å². The van der Waals surface area contributed by atoms with Gasteiger partial charge in [0.2, 0.25) is 0 Å². The average molecular weight is 279 g/mol. The van der Waals surface area contributed by atoms with E-state index in [4.69, 9.17) is 11.6 Å². The Morgan fingerprint density at radius 2 is 2.11 bits per heavy atom. The van der Waals surface area contributed by atoms with Crippen LogP contribution in [-0.4, -0.2) is 18.2 Å². The second kappa shape index (κ2) is 5.10. The molecule has 1 aromatic rings. The zero-order valence-corrected chi connectivity index (χ0v) is 10.9. The van der Waals surface area contributed by atoms with Crippen molar-refractivity contribution in [3.05, 3.63) is 28.3 Å². The highest BCUT2D eigenvalue weighted by atomic mass is 35.5. The molecule has 0 saturated carbocycles. The minimum absolute atomic E-state index is 0.399. The van der Waals surface area contributed by atoms with Gasteiger partial charge in [0.05, 0.1) is 12.7 Å². The van der Waals surface area contributed by atoms with Gasteiger partial charge in [-0.1, -0.05) is 6.92 Å². The lowest BCUT2D eigenvalue weighted by Gasteiger charge is -2.18. The van der Waals surface area contributed by atoms with E-state index in [-0.39, 0.29) is 0 Å². The fourth-order valence-corrected chi connectivity index (χ4v) is 1.97. The summed E-state index contributed by atoms with van der Waals surface area (Å²) in [5.74, 6) is -1.54. The number of rotatable bonds is 3. The minimum Gasteiger partial charge on any atom is -0.507 e. The number of phenolic OH excluding ortho intramolecular Hbond substituents is 1. The zero-order chi connectivity index (χ0) is 14.1. The van der Waals surface area contributed by atoms with Gasteiger partial charge in [0.25, 0.3) is 0 Å². The number of esters is 1. The molecule has 3 nitrogen and oxygen atoms in total. The SMILES string of the molecule is CCc1c(C)cc(C(F)(F)Cl)c(C(=O)OC)c1O. The van der Waals surface area contributed by atoms with Crippen LogP contribution in [0.3, 0.4) is 0 Å². The van der Waals surface area contributed by atoms with Crippen molar-refractivity contribution < 1.29 is 23.4 Å². The molecule has 6 heteroatoms. The van der Waals surface area contributed by atoms with E-state index in [9.17, 15) is 18.7 Å². The first kappa shape index (κ1) is 14.7. The molecule has 0 spiro atoms. The number of halogens is 3. The molecule has 0 aromatic heterocycles. The van der Waals surface area contributed by atoms with E-state index in [2.05, 4.69) is 4.74 Å². The normalized spacial score (nSPS) is 11.4. The summed E-state index contributed by atoms with van der Waals surface area (Å²) in [6.07, 6.45) is 0.399. The third-order valence-corrected chi connectivity index (χ3v) is 2.88. The molecule has 1 aromatic carbocycles. The van der Waals surface area contributed by atoms with E-state index >= 15 is 0 Å². The van der Waals surface area contributed by atoms with Crippen LogP contribution in [0.5, 0.6) is 5.75 Å². The zero-order valence-electron chi connectivity index (χ0n) is 10.2. The molecular weight excluding hydrogens is 266 g/mol. The average Bonchev–Trinajstić information content (AvgIpc) is 2.26. The number of carbonyl (C=O) groups is 1. The number of phenols is 1. The van der Waals surface area contributed by atoms with Crippen molar-refractivity contribution in [2.24, 2.45) is 0 Å². The highest BCUT2D eigenvalue weighted by molar-refractivity contribution is 6.22. The number of aromatic hydroxyl groups is 1. The summed E-state index contributed by atoms with van der Waals surface area (Å²) in [4.78, 5) is 11.5. The molecule has 0 aliphatic carbocycles. The number of methoxy groups -OCH3 is 1. The van der Waals surface area contributed by atoms with Crippen LogP contribution in [-0.2, 0) is 16.5 Å². The number of hydrogen-bond donors (Lipinski definition) is 1. The van der Waals surface area contributed by atoms with Crippen molar-refractivity contribution in [3.63, 3.8) is 0 Å². The smallest absolute Gasteiger partial charge is 0.349 e. The molecule has 0 unspecified atom stereocenters. The maximum Gasteiger partial charge on any atom is 0.349 e. The summed E-state index contributed by atoms with van der Waals surface area (Å²) in [5, 5.41) is 6.17. The largest absolute Gasteiger partial charge is 0.507 e. The van der Waals surface area contributed by atoms with Crippen molar-refractivity contribution in [1.82, 2.24) is 0 Å². The Morgan fingerprint density at radius 3 is 2.50 bits per heavy atom. The predicted octanol–water partition coefficient (Wildman–Crippen LogP) is 3.34. The second-order valence-electron chi connectivity index (χ2n) is 3.79. The lowest BCUT2D eigenvalue weighted by molar-refractivity contribution is 0.0566. The number of hydrogen-bond acceptors (Lipinski definition) is 3. The number of ether oxygens (including phenoxy) is 1. The van der Waals surface area contributed by atoms with Gasteiger partial charge in [-0.25, -0.2) is 4.79 Å². The molecule has 0 fully saturated rings. The van der Waals surface area contributed by atoms with Gasteiger partial charge in [-0.15, -0.1) is 0 Å². The molecular formula is C12H13ClF2O3. The molecule has 0 atom stereocenters. The quantitative estimate of drug-likeness (QED) is 0.681. The molecule has 18 heavy (non-hydrogen) atoms. The number of aryl methyl sites for hydroxylation is 1. The first-order valence-electron chi connectivity index (χ1n) is 5.25. The summed E-state index contributed by atoms with van der Waals surface area (Å²) >= 11 is 4.95. The van der Waals surface area contributed by atoms with Gasteiger partial charge in [-0.05, 0) is 42.1 Å². The molecule has 0 saturated heterocycles. The van der Waals surface area contributed by atoms with Gasteiger partial charge < -0.3 is 9.84 Å². The third kappa shape index (κ3) is 2.56. The minimum atomic E-state index is -3.75. The molecule has 0 aliphatic heterocycles. The van der Waals surface area contributed by atoms with Crippen molar-refractivity contribution in [1.29, 1.82) is 0 Å².